The van der Waals surface area contributed by atoms with Crippen molar-refractivity contribution in [2.75, 3.05) is 5.75 Å². The zero-order valence-corrected chi connectivity index (χ0v) is 13.9. The minimum absolute atomic E-state index is 0.213. The molecule has 20 heavy (non-hydrogen) atoms. The van der Waals surface area contributed by atoms with Crippen molar-refractivity contribution in [2.24, 2.45) is 11.8 Å². The number of thioether (sulfide) groups is 1. The van der Waals surface area contributed by atoms with Crippen molar-refractivity contribution < 1.29 is 4.79 Å². The second kappa shape index (κ2) is 6.52. The quantitative estimate of drug-likeness (QED) is 0.866. The van der Waals surface area contributed by atoms with E-state index in [1.165, 1.54) is 31.2 Å². The fourth-order valence-corrected chi connectivity index (χ4v) is 4.58. The van der Waals surface area contributed by atoms with Crippen molar-refractivity contribution in [1.82, 2.24) is 5.32 Å². The molecule has 1 amide bonds. The molecule has 0 heterocycles. The number of carbonyl (C=O) groups is 1. The fourth-order valence-electron chi connectivity index (χ4n) is 3.51. The van der Waals surface area contributed by atoms with E-state index in [9.17, 15) is 4.79 Å². The summed E-state index contributed by atoms with van der Waals surface area (Å²) in [6, 6.07) is 8.77. The number of rotatable bonds is 5. The van der Waals surface area contributed by atoms with Gasteiger partial charge in [0.05, 0.1) is 5.75 Å². The maximum Gasteiger partial charge on any atom is 0.230 e. The number of hydrogen-bond donors (Lipinski definition) is 1. The van der Waals surface area contributed by atoms with Crippen LogP contribution >= 0.6 is 27.7 Å². The fraction of sp³-hybridized carbons (Fsp3) is 0.562. The molecule has 0 radical (unpaired) electrons. The molecule has 0 saturated heterocycles. The average molecular weight is 354 g/mol. The van der Waals surface area contributed by atoms with Crippen molar-refractivity contribution >= 4 is 33.6 Å². The second-order valence-electron chi connectivity index (χ2n) is 5.97. The highest BCUT2D eigenvalue weighted by atomic mass is 79.9. The summed E-state index contributed by atoms with van der Waals surface area (Å²) in [5, 5.41) is 3.24. The van der Waals surface area contributed by atoms with Gasteiger partial charge in [-0.25, -0.2) is 0 Å². The van der Waals surface area contributed by atoms with Crippen LogP contribution in [0.3, 0.4) is 0 Å². The number of benzene rings is 1. The van der Waals surface area contributed by atoms with E-state index in [0.717, 1.165) is 22.1 Å². The highest BCUT2D eigenvalue weighted by molar-refractivity contribution is 9.10. The molecule has 0 unspecified atom stereocenters. The van der Waals surface area contributed by atoms with E-state index in [1.807, 2.05) is 12.1 Å². The van der Waals surface area contributed by atoms with E-state index in [4.69, 9.17) is 0 Å². The summed E-state index contributed by atoms with van der Waals surface area (Å²) in [6.45, 7) is 0. The number of hydrogen-bond acceptors (Lipinski definition) is 2. The van der Waals surface area contributed by atoms with Crippen LogP contribution in [-0.2, 0) is 10.5 Å². The molecule has 2 aliphatic carbocycles. The summed E-state index contributed by atoms with van der Waals surface area (Å²) in [4.78, 5) is 12.0. The molecule has 2 fully saturated rings. The summed E-state index contributed by atoms with van der Waals surface area (Å²) in [7, 11) is 0. The average Bonchev–Trinajstić information content (AvgIpc) is 3.03. The van der Waals surface area contributed by atoms with Crippen LogP contribution in [0.25, 0.3) is 0 Å². The Morgan fingerprint density at radius 2 is 2.05 bits per heavy atom. The molecule has 2 saturated carbocycles. The normalized spacial score (nSPS) is 27.8. The third kappa shape index (κ3) is 3.59. The van der Waals surface area contributed by atoms with Crippen LogP contribution in [0.5, 0.6) is 0 Å². The van der Waals surface area contributed by atoms with Gasteiger partial charge in [-0.15, -0.1) is 11.8 Å². The van der Waals surface area contributed by atoms with Crippen molar-refractivity contribution in [3.8, 4) is 0 Å². The molecular formula is C16H20BrNOS. The Hall–Kier alpha value is -0.480. The monoisotopic (exact) mass is 353 g/mol. The molecule has 4 heteroatoms. The van der Waals surface area contributed by atoms with Crippen LogP contribution in [0.1, 0.15) is 31.2 Å². The molecule has 3 rings (SSSR count). The summed E-state index contributed by atoms with van der Waals surface area (Å²) in [6.07, 6.45) is 5.27. The molecule has 0 spiro atoms. The largest absolute Gasteiger partial charge is 0.352 e. The summed E-state index contributed by atoms with van der Waals surface area (Å²) >= 11 is 5.13. The third-order valence-electron chi connectivity index (χ3n) is 4.50. The molecule has 2 aliphatic rings. The SMILES string of the molecule is O=C(CSCc1ccc(Br)cc1)N[C@H]1C[C@H]2CC[C@@H]1C2. The zero-order chi connectivity index (χ0) is 13.9. The number of fused-ring (bicyclic) bond motifs is 2. The molecular weight excluding hydrogens is 334 g/mol. The Morgan fingerprint density at radius 1 is 1.25 bits per heavy atom. The van der Waals surface area contributed by atoms with Gasteiger partial charge in [0.25, 0.3) is 0 Å². The predicted octanol–water partition coefficient (Wildman–Crippen LogP) is 3.99. The van der Waals surface area contributed by atoms with Crippen LogP contribution in [0.4, 0.5) is 0 Å². The van der Waals surface area contributed by atoms with E-state index < -0.39 is 0 Å². The van der Waals surface area contributed by atoms with Gasteiger partial charge in [-0.3, -0.25) is 4.79 Å². The summed E-state index contributed by atoms with van der Waals surface area (Å²) in [5.41, 5.74) is 1.27. The first kappa shape index (κ1) is 14.5. The Labute approximate surface area is 133 Å². The lowest BCUT2D eigenvalue weighted by atomic mass is 9.95. The molecule has 0 aliphatic heterocycles. The lowest BCUT2D eigenvalue weighted by Crippen LogP contribution is -2.39. The van der Waals surface area contributed by atoms with E-state index in [-0.39, 0.29) is 5.91 Å². The number of amides is 1. The third-order valence-corrected chi connectivity index (χ3v) is 6.03. The molecule has 1 aromatic rings. The minimum Gasteiger partial charge on any atom is -0.352 e. The van der Waals surface area contributed by atoms with E-state index in [1.54, 1.807) is 11.8 Å². The van der Waals surface area contributed by atoms with Gasteiger partial charge in [0.1, 0.15) is 0 Å². The van der Waals surface area contributed by atoms with Crippen LogP contribution in [0.2, 0.25) is 0 Å². The maximum atomic E-state index is 12.0. The zero-order valence-electron chi connectivity index (χ0n) is 11.5. The molecule has 3 atom stereocenters. The van der Waals surface area contributed by atoms with Gasteiger partial charge in [-0.2, -0.15) is 0 Å². The topological polar surface area (TPSA) is 29.1 Å². The molecule has 1 aromatic carbocycles. The molecule has 0 aromatic heterocycles. The number of carbonyl (C=O) groups excluding carboxylic acids is 1. The van der Waals surface area contributed by atoms with Gasteiger partial charge in [-0.05, 0) is 48.8 Å². The molecule has 2 bridgehead atoms. The second-order valence-corrected chi connectivity index (χ2v) is 7.87. The number of nitrogens with one attached hydrogen (secondary N) is 1. The van der Waals surface area contributed by atoms with Gasteiger partial charge in [0.15, 0.2) is 0 Å². The Bertz CT molecular complexity index is 476. The standard InChI is InChI=1S/C16H20BrNOS/c17-14-5-2-11(3-6-14)9-20-10-16(19)18-15-8-12-1-4-13(15)7-12/h2-3,5-6,12-13,15H,1,4,7-10H2,(H,18,19)/t12-,13+,15-/m0/s1. The number of halogens is 1. The lowest BCUT2D eigenvalue weighted by molar-refractivity contribution is -0.119. The first-order valence-corrected chi connectivity index (χ1v) is 9.27. The first-order valence-electron chi connectivity index (χ1n) is 7.32. The van der Waals surface area contributed by atoms with Crippen molar-refractivity contribution in [3.05, 3.63) is 34.3 Å². The van der Waals surface area contributed by atoms with E-state index in [2.05, 4.69) is 33.4 Å². The Kier molecular flexibility index (Phi) is 4.72. The first-order chi connectivity index (χ1) is 9.70. The summed E-state index contributed by atoms with van der Waals surface area (Å²) in [5.74, 6) is 3.34. The summed E-state index contributed by atoms with van der Waals surface area (Å²) < 4.78 is 1.10. The minimum atomic E-state index is 0.213. The van der Waals surface area contributed by atoms with Gasteiger partial charge < -0.3 is 5.32 Å². The lowest BCUT2D eigenvalue weighted by Gasteiger charge is -2.22. The van der Waals surface area contributed by atoms with E-state index in [0.29, 0.717) is 11.8 Å². The Morgan fingerprint density at radius 3 is 2.70 bits per heavy atom. The molecule has 2 nitrogen and oxygen atoms in total. The van der Waals surface area contributed by atoms with Crippen molar-refractivity contribution in [1.29, 1.82) is 0 Å². The highest BCUT2D eigenvalue weighted by Crippen LogP contribution is 2.44. The van der Waals surface area contributed by atoms with Gasteiger partial charge >= 0.3 is 0 Å². The van der Waals surface area contributed by atoms with Crippen LogP contribution in [0.15, 0.2) is 28.7 Å². The Balaban J connectivity index is 1.38. The highest BCUT2D eigenvalue weighted by Gasteiger charge is 2.39. The van der Waals surface area contributed by atoms with Crippen molar-refractivity contribution in [3.63, 3.8) is 0 Å². The van der Waals surface area contributed by atoms with E-state index >= 15 is 0 Å². The molecule has 108 valence electrons. The smallest absolute Gasteiger partial charge is 0.230 e. The molecule has 1 N–H and O–H groups in total. The van der Waals surface area contributed by atoms with Crippen LogP contribution in [0, 0.1) is 11.8 Å². The van der Waals surface area contributed by atoms with Gasteiger partial charge in [0.2, 0.25) is 5.91 Å². The van der Waals surface area contributed by atoms with Crippen molar-refractivity contribution in [2.45, 2.75) is 37.5 Å². The van der Waals surface area contributed by atoms with Gasteiger partial charge in [-0.1, -0.05) is 34.5 Å². The maximum absolute atomic E-state index is 12.0. The van der Waals surface area contributed by atoms with Crippen LogP contribution < -0.4 is 5.32 Å². The predicted molar refractivity (Wildman–Crippen MR) is 87.7 cm³/mol. The van der Waals surface area contributed by atoms with Gasteiger partial charge in [0, 0.05) is 16.3 Å². The van der Waals surface area contributed by atoms with Crippen LogP contribution in [-0.4, -0.2) is 17.7 Å².